The highest BCUT2D eigenvalue weighted by molar-refractivity contribution is 7.12. The molecule has 150 valence electrons. The van der Waals surface area contributed by atoms with Crippen LogP contribution in [0.15, 0.2) is 66.2 Å². The number of hydrogen-bond donors (Lipinski definition) is 2. The summed E-state index contributed by atoms with van der Waals surface area (Å²) in [7, 11) is 0. The molecule has 3 N–H and O–H groups in total. The molecule has 4 rings (SSSR count). The number of nitrogens with zero attached hydrogens (tertiary/aromatic N) is 2. The Balaban J connectivity index is 1.42. The summed E-state index contributed by atoms with van der Waals surface area (Å²) in [6.45, 7) is 1.25. The van der Waals surface area contributed by atoms with Crippen LogP contribution in [-0.2, 0) is 0 Å². The van der Waals surface area contributed by atoms with Crippen molar-refractivity contribution in [3.05, 3.63) is 93.4 Å². The van der Waals surface area contributed by atoms with Gasteiger partial charge in [0.1, 0.15) is 5.84 Å². The van der Waals surface area contributed by atoms with Crippen LogP contribution >= 0.6 is 11.3 Å². The minimum atomic E-state index is 0.0604. The first kappa shape index (κ1) is 19.8. The molecule has 0 atom stereocenters. The van der Waals surface area contributed by atoms with Gasteiger partial charge in [0.05, 0.1) is 10.6 Å². The lowest BCUT2D eigenvalue weighted by molar-refractivity contribution is 0.0777. The van der Waals surface area contributed by atoms with Crippen molar-refractivity contribution in [2.75, 3.05) is 13.1 Å². The van der Waals surface area contributed by atoms with Crippen LogP contribution in [0.4, 0.5) is 0 Å². The van der Waals surface area contributed by atoms with Crippen LogP contribution in [0.5, 0.6) is 0 Å². The molecule has 0 bridgehead atoms. The predicted molar refractivity (Wildman–Crippen MR) is 123 cm³/mol. The molecule has 3 heterocycles. The normalized spacial score (nSPS) is 14.0. The highest BCUT2D eigenvalue weighted by atomic mass is 32.1. The standard InChI is InChI=1S/C24H22N4OS/c25-23(26)20-5-3-4-19(15-20)18-9-12-28(13-10-18)24(29)22-14-17(16-30-22)7-8-21-6-1-2-11-27-21/h1-9,11,14-16H,10,12-13H2,(H3,25,26)/b8-7+. The molecule has 1 aliphatic heterocycles. The average molecular weight is 415 g/mol. The first-order chi connectivity index (χ1) is 14.6. The molecule has 3 aromatic rings. The number of rotatable bonds is 5. The first-order valence-electron chi connectivity index (χ1n) is 9.71. The van der Waals surface area contributed by atoms with Gasteiger partial charge in [-0.05, 0) is 58.8 Å². The Hall–Kier alpha value is -3.51. The van der Waals surface area contributed by atoms with Crippen LogP contribution in [-0.4, -0.2) is 34.7 Å². The topological polar surface area (TPSA) is 83.1 Å². The summed E-state index contributed by atoms with van der Waals surface area (Å²) in [5.74, 6) is 0.126. The highest BCUT2D eigenvalue weighted by Gasteiger charge is 2.20. The monoisotopic (exact) mass is 414 g/mol. The van der Waals surface area contributed by atoms with Crippen molar-refractivity contribution in [1.82, 2.24) is 9.88 Å². The fourth-order valence-corrected chi connectivity index (χ4v) is 4.21. The van der Waals surface area contributed by atoms with Gasteiger partial charge < -0.3 is 10.6 Å². The summed E-state index contributed by atoms with van der Waals surface area (Å²) >= 11 is 1.47. The van der Waals surface area contributed by atoms with Gasteiger partial charge in [-0.25, -0.2) is 0 Å². The van der Waals surface area contributed by atoms with Crippen molar-refractivity contribution in [3.63, 3.8) is 0 Å². The van der Waals surface area contributed by atoms with E-state index in [1.807, 2.05) is 71.0 Å². The molecular weight excluding hydrogens is 392 g/mol. The van der Waals surface area contributed by atoms with E-state index in [1.54, 1.807) is 6.20 Å². The second kappa shape index (κ2) is 8.88. The smallest absolute Gasteiger partial charge is 0.264 e. The van der Waals surface area contributed by atoms with Crippen molar-refractivity contribution in [2.45, 2.75) is 6.42 Å². The summed E-state index contributed by atoms with van der Waals surface area (Å²) in [6, 6.07) is 15.4. The van der Waals surface area contributed by atoms with E-state index in [4.69, 9.17) is 11.1 Å². The number of benzene rings is 1. The van der Waals surface area contributed by atoms with E-state index in [9.17, 15) is 4.79 Å². The molecule has 1 amide bonds. The number of pyridine rings is 1. The van der Waals surface area contributed by atoms with E-state index in [-0.39, 0.29) is 11.7 Å². The summed E-state index contributed by atoms with van der Waals surface area (Å²) in [5, 5.41) is 9.60. The Morgan fingerprint density at radius 3 is 2.80 bits per heavy atom. The van der Waals surface area contributed by atoms with Gasteiger partial charge in [-0.2, -0.15) is 0 Å². The Kier molecular flexibility index (Phi) is 5.86. The number of aromatic nitrogens is 1. The van der Waals surface area contributed by atoms with E-state index in [1.165, 1.54) is 16.9 Å². The van der Waals surface area contributed by atoms with Crippen LogP contribution in [0, 0.1) is 5.41 Å². The Morgan fingerprint density at radius 1 is 1.17 bits per heavy atom. The lowest BCUT2D eigenvalue weighted by Crippen LogP contribution is -2.34. The number of carbonyl (C=O) groups is 1. The lowest BCUT2D eigenvalue weighted by Gasteiger charge is -2.26. The number of hydrogen-bond acceptors (Lipinski definition) is 4. The molecular formula is C24H22N4OS. The maximum absolute atomic E-state index is 12.9. The van der Waals surface area contributed by atoms with Crippen molar-refractivity contribution < 1.29 is 4.79 Å². The van der Waals surface area contributed by atoms with Crippen molar-refractivity contribution in [2.24, 2.45) is 5.73 Å². The molecule has 0 aliphatic carbocycles. The average Bonchev–Trinajstić information content (AvgIpc) is 3.27. The highest BCUT2D eigenvalue weighted by Crippen LogP contribution is 2.25. The number of nitrogen functional groups attached to an aromatic ring is 1. The van der Waals surface area contributed by atoms with Crippen molar-refractivity contribution in [3.8, 4) is 0 Å². The van der Waals surface area contributed by atoms with Gasteiger partial charge in [-0.15, -0.1) is 11.3 Å². The van der Waals surface area contributed by atoms with E-state index >= 15 is 0 Å². The van der Waals surface area contributed by atoms with Crippen LogP contribution in [0.1, 0.15) is 38.5 Å². The molecule has 0 saturated carbocycles. The minimum absolute atomic E-state index is 0.0604. The van der Waals surface area contributed by atoms with E-state index in [0.29, 0.717) is 13.1 Å². The number of amides is 1. The summed E-state index contributed by atoms with van der Waals surface area (Å²) in [5.41, 5.74) is 10.5. The minimum Gasteiger partial charge on any atom is -0.384 e. The van der Waals surface area contributed by atoms with E-state index in [2.05, 4.69) is 11.1 Å². The molecule has 0 unspecified atom stereocenters. The number of thiophene rings is 1. The van der Waals surface area contributed by atoms with Crippen molar-refractivity contribution >= 4 is 40.8 Å². The number of amidine groups is 1. The largest absolute Gasteiger partial charge is 0.384 e. The Morgan fingerprint density at radius 2 is 2.07 bits per heavy atom. The third kappa shape index (κ3) is 4.55. The molecule has 6 heteroatoms. The van der Waals surface area contributed by atoms with Crippen LogP contribution in [0.3, 0.4) is 0 Å². The van der Waals surface area contributed by atoms with Crippen LogP contribution in [0.25, 0.3) is 17.7 Å². The Labute approximate surface area is 179 Å². The second-order valence-electron chi connectivity index (χ2n) is 7.06. The van der Waals surface area contributed by atoms with E-state index in [0.717, 1.165) is 33.7 Å². The molecule has 0 spiro atoms. The molecule has 1 aliphatic rings. The number of carbonyl (C=O) groups excluding carboxylic acids is 1. The molecule has 1 aromatic carbocycles. The van der Waals surface area contributed by atoms with Crippen LogP contribution < -0.4 is 5.73 Å². The zero-order valence-electron chi connectivity index (χ0n) is 16.4. The molecule has 0 fully saturated rings. The SMILES string of the molecule is N=C(N)c1cccc(C2=CCN(C(=O)c3cc(/C=C/c4ccccn4)cs3)CC2)c1. The molecule has 2 aromatic heterocycles. The molecule has 0 saturated heterocycles. The van der Waals surface area contributed by atoms with Gasteiger partial charge in [0.2, 0.25) is 0 Å². The Bertz CT molecular complexity index is 1130. The second-order valence-corrected chi connectivity index (χ2v) is 7.97. The summed E-state index contributed by atoms with van der Waals surface area (Å²) in [6.07, 6.45) is 8.56. The maximum Gasteiger partial charge on any atom is 0.264 e. The molecule has 0 radical (unpaired) electrons. The third-order valence-electron chi connectivity index (χ3n) is 5.01. The number of nitrogens with two attached hydrogens (primary N) is 1. The quantitative estimate of drug-likeness (QED) is 0.475. The van der Waals surface area contributed by atoms with Gasteiger partial charge in [-0.3, -0.25) is 15.2 Å². The summed E-state index contributed by atoms with van der Waals surface area (Å²) < 4.78 is 0. The first-order valence-corrected chi connectivity index (χ1v) is 10.6. The fraction of sp³-hybridized carbons (Fsp3) is 0.125. The number of nitrogens with one attached hydrogen (secondary N) is 1. The van der Waals surface area contributed by atoms with Gasteiger partial charge in [0, 0.05) is 24.8 Å². The third-order valence-corrected chi connectivity index (χ3v) is 5.94. The zero-order valence-corrected chi connectivity index (χ0v) is 17.2. The van der Waals surface area contributed by atoms with Gasteiger partial charge in [0.15, 0.2) is 0 Å². The predicted octanol–water partition coefficient (Wildman–Crippen LogP) is 4.53. The van der Waals surface area contributed by atoms with E-state index < -0.39 is 0 Å². The van der Waals surface area contributed by atoms with Gasteiger partial charge in [0.25, 0.3) is 5.91 Å². The zero-order chi connectivity index (χ0) is 20.9. The molecule has 30 heavy (non-hydrogen) atoms. The fourth-order valence-electron chi connectivity index (χ4n) is 3.36. The lowest BCUT2D eigenvalue weighted by atomic mass is 9.97. The molecule has 5 nitrogen and oxygen atoms in total. The maximum atomic E-state index is 12.9. The van der Waals surface area contributed by atoms with Gasteiger partial charge >= 0.3 is 0 Å². The van der Waals surface area contributed by atoms with Gasteiger partial charge in [-0.1, -0.05) is 36.4 Å². The van der Waals surface area contributed by atoms with Crippen molar-refractivity contribution in [1.29, 1.82) is 5.41 Å². The van der Waals surface area contributed by atoms with Crippen LogP contribution in [0.2, 0.25) is 0 Å². The summed E-state index contributed by atoms with van der Waals surface area (Å²) in [4.78, 5) is 19.8.